The molecule has 0 unspecified atom stereocenters. The SMILES string of the molecule is C=C/C=C(\C=C)[C@H]1CNCCO1. The molecule has 2 nitrogen and oxygen atoms in total. The Bertz CT molecular complexity index is 190. The fourth-order valence-electron chi connectivity index (χ4n) is 1.22. The van der Waals surface area contributed by atoms with Gasteiger partial charge in [-0.05, 0) is 5.57 Å². The second-order valence-corrected chi connectivity index (χ2v) is 2.67. The molecular weight excluding hydrogens is 150 g/mol. The van der Waals surface area contributed by atoms with Crippen molar-refractivity contribution < 1.29 is 4.74 Å². The normalized spacial score (nSPS) is 25.0. The van der Waals surface area contributed by atoms with Crippen LogP contribution in [0.1, 0.15) is 0 Å². The van der Waals surface area contributed by atoms with Gasteiger partial charge in [0.25, 0.3) is 0 Å². The van der Waals surface area contributed by atoms with Crippen LogP contribution in [0, 0.1) is 0 Å². The summed E-state index contributed by atoms with van der Waals surface area (Å²) in [6, 6.07) is 0. The van der Waals surface area contributed by atoms with Gasteiger partial charge in [0.05, 0.1) is 12.7 Å². The van der Waals surface area contributed by atoms with Gasteiger partial charge in [0.2, 0.25) is 0 Å². The summed E-state index contributed by atoms with van der Waals surface area (Å²) in [5, 5.41) is 3.26. The molecule has 0 bridgehead atoms. The van der Waals surface area contributed by atoms with E-state index in [-0.39, 0.29) is 6.10 Å². The van der Waals surface area contributed by atoms with E-state index in [2.05, 4.69) is 18.5 Å². The van der Waals surface area contributed by atoms with Crippen LogP contribution in [0.2, 0.25) is 0 Å². The van der Waals surface area contributed by atoms with E-state index in [0.717, 1.165) is 25.3 Å². The molecule has 0 aliphatic carbocycles. The molecule has 0 radical (unpaired) electrons. The summed E-state index contributed by atoms with van der Waals surface area (Å²) in [6.07, 6.45) is 5.66. The van der Waals surface area contributed by atoms with Crippen molar-refractivity contribution in [3.8, 4) is 0 Å². The smallest absolute Gasteiger partial charge is 0.0949 e. The van der Waals surface area contributed by atoms with E-state index in [0.29, 0.717) is 0 Å². The molecule has 66 valence electrons. The van der Waals surface area contributed by atoms with Crippen LogP contribution in [0.3, 0.4) is 0 Å². The first-order valence-corrected chi connectivity index (χ1v) is 4.16. The lowest BCUT2D eigenvalue weighted by atomic mass is 10.1. The molecule has 1 aliphatic heterocycles. The predicted molar refractivity (Wildman–Crippen MR) is 51.1 cm³/mol. The van der Waals surface area contributed by atoms with Gasteiger partial charge in [-0.1, -0.05) is 31.4 Å². The van der Waals surface area contributed by atoms with Gasteiger partial charge < -0.3 is 10.1 Å². The average molecular weight is 165 g/mol. The molecule has 1 saturated heterocycles. The Morgan fingerprint density at radius 3 is 2.83 bits per heavy atom. The molecule has 1 heterocycles. The summed E-state index contributed by atoms with van der Waals surface area (Å²) in [6.45, 7) is 9.95. The van der Waals surface area contributed by atoms with Crippen LogP contribution in [0.5, 0.6) is 0 Å². The molecule has 1 aliphatic rings. The van der Waals surface area contributed by atoms with Crippen LogP contribution < -0.4 is 5.32 Å². The maximum Gasteiger partial charge on any atom is 0.0949 e. The van der Waals surface area contributed by atoms with Crippen molar-refractivity contribution >= 4 is 0 Å². The lowest BCUT2D eigenvalue weighted by Gasteiger charge is -2.24. The highest BCUT2D eigenvalue weighted by Gasteiger charge is 2.14. The zero-order valence-electron chi connectivity index (χ0n) is 7.25. The molecule has 1 N–H and O–H groups in total. The van der Waals surface area contributed by atoms with Gasteiger partial charge in [-0.15, -0.1) is 0 Å². The van der Waals surface area contributed by atoms with Crippen molar-refractivity contribution in [1.82, 2.24) is 5.32 Å². The molecule has 1 atom stereocenters. The third kappa shape index (κ3) is 2.32. The van der Waals surface area contributed by atoms with Gasteiger partial charge in [0.1, 0.15) is 0 Å². The molecule has 0 aromatic rings. The summed E-state index contributed by atoms with van der Waals surface area (Å²) in [7, 11) is 0. The van der Waals surface area contributed by atoms with Gasteiger partial charge in [0.15, 0.2) is 0 Å². The van der Waals surface area contributed by atoms with Crippen molar-refractivity contribution in [2.24, 2.45) is 0 Å². The number of rotatable bonds is 3. The van der Waals surface area contributed by atoms with Crippen LogP contribution in [0.15, 0.2) is 37.0 Å². The van der Waals surface area contributed by atoms with Crippen LogP contribution >= 0.6 is 0 Å². The Labute approximate surface area is 73.6 Å². The minimum Gasteiger partial charge on any atom is -0.371 e. The van der Waals surface area contributed by atoms with Crippen molar-refractivity contribution in [3.63, 3.8) is 0 Å². The molecule has 2 heteroatoms. The van der Waals surface area contributed by atoms with E-state index in [1.54, 1.807) is 6.08 Å². The molecule has 0 amide bonds. The predicted octanol–water partition coefficient (Wildman–Crippen LogP) is 1.27. The van der Waals surface area contributed by atoms with Crippen LogP contribution in [0.4, 0.5) is 0 Å². The minimum absolute atomic E-state index is 0.147. The second-order valence-electron chi connectivity index (χ2n) is 2.67. The van der Waals surface area contributed by atoms with Gasteiger partial charge in [-0.25, -0.2) is 0 Å². The zero-order valence-corrected chi connectivity index (χ0v) is 7.25. The van der Waals surface area contributed by atoms with E-state index in [4.69, 9.17) is 4.74 Å². The third-order valence-electron chi connectivity index (χ3n) is 1.85. The molecule has 0 saturated carbocycles. The maximum absolute atomic E-state index is 5.53. The molecule has 12 heavy (non-hydrogen) atoms. The van der Waals surface area contributed by atoms with Crippen molar-refractivity contribution in [3.05, 3.63) is 37.0 Å². The van der Waals surface area contributed by atoms with Crippen molar-refractivity contribution in [2.45, 2.75) is 6.10 Å². The third-order valence-corrected chi connectivity index (χ3v) is 1.85. The monoisotopic (exact) mass is 165 g/mol. The number of allylic oxidation sites excluding steroid dienone is 2. The summed E-state index contributed by atoms with van der Waals surface area (Å²) < 4.78 is 5.53. The average Bonchev–Trinajstić information content (AvgIpc) is 2.15. The fraction of sp³-hybridized carbons (Fsp3) is 0.400. The summed E-state index contributed by atoms with van der Waals surface area (Å²) in [5.41, 5.74) is 1.09. The largest absolute Gasteiger partial charge is 0.371 e. The number of nitrogens with one attached hydrogen (secondary N) is 1. The summed E-state index contributed by atoms with van der Waals surface area (Å²) >= 11 is 0. The minimum atomic E-state index is 0.147. The quantitative estimate of drug-likeness (QED) is 0.636. The molecule has 1 fully saturated rings. The van der Waals surface area contributed by atoms with E-state index in [9.17, 15) is 0 Å². The van der Waals surface area contributed by atoms with Gasteiger partial charge >= 0.3 is 0 Å². The van der Waals surface area contributed by atoms with Crippen molar-refractivity contribution in [1.29, 1.82) is 0 Å². The number of hydrogen-bond donors (Lipinski definition) is 1. The topological polar surface area (TPSA) is 21.3 Å². The fourth-order valence-corrected chi connectivity index (χ4v) is 1.22. The Hall–Kier alpha value is -0.860. The Balaban J connectivity index is 2.57. The standard InChI is InChI=1S/C10H15NO/c1-3-5-9(4-2)10-8-11-6-7-12-10/h3-5,10-11H,1-2,6-8H2/b9-5+/t10-/m1/s1. The van der Waals surface area contributed by atoms with E-state index in [1.165, 1.54) is 0 Å². The van der Waals surface area contributed by atoms with Crippen LogP contribution in [0.25, 0.3) is 0 Å². The number of morpholine rings is 1. The first-order chi connectivity index (χ1) is 5.88. The van der Waals surface area contributed by atoms with E-state index >= 15 is 0 Å². The molecule has 0 spiro atoms. The highest BCUT2D eigenvalue weighted by Crippen LogP contribution is 2.09. The van der Waals surface area contributed by atoms with Crippen molar-refractivity contribution in [2.75, 3.05) is 19.7 Å². The molecule has 1 rings (SSSR count). The maximum atomic E-state index is 5.53. The van der Waals surface area contributed by atoms with Crippen LogP contribution in [-0.4, -0.2) is 25.8 Å². The number of ether oxygens (including phenoxy) is 1. The molecule has 0 aromatic carbocycles. The van der Waals surface area contributed by atoms with E-state index < -0.39 is 0 Å². The summed E-state index contributed by atoms with van der Waals surface area (Å²) in [5.74, 6) is 0. The van der Waals surface area contributed by atoms with Crippen LogP contribution in [-0.2, 0) is 4.74 Å². The Morgan fingerprint density at radius 2 is 2.33 bits per heavy atom. The summed E-state index contributed by atoms with van der Waals surface area (Å²) in [4.78, 5) is 0. The highest BCUT2D eigenvalue weighted by molar-refractivity contribution is 5.26. The lowest BCUT2D eigenvalue weighted by Crippen LogP contribution is -2.39. The first kappa shape index (κ1) is 9.23. The first-order valence-electron chi connectivity index (χ1n) is 4.16. The van der Waals surface area contributed by atoms with Gasteiger partial charge in [-0.2, -0.15) is 0 Å². The zero-order chi connectivity index (χ0) is 8.81. The Kier molecular flexibility index (Phi) is 3.77. The lowest BCUT2D eigenvalue weighted by molar-refractivity contribution is 0.0540. The van der Waals surface area contributed by atoms with Gasteiger partial charge in [0, 0.05) is 13.1 Å². The van der Waals surface area contributed by atoms with Gasteiger partial charge in [-0.3, -0.25) is 0 Å². The molecule has 0 aromatic heterocycles. The second kappa shape index (κ2) is 4.91. The highest BCUT2D eigenvalue weighted by atomic mass is 16.5. The number of hydrogen-bond acceptors (Lipinski definition) is 2. The molecular formula is C10H15NO. The Morgan fingerprint density at radius 1 is 1.50 bits per heavy atom. The van der Waals surface area contributed by atoms with E-state index in [1.807, 2.05) is 12.2 Å².